The van der Waals surface area contributed by atoms with E-state index in [-0.39, 0.29) is 23.8 Å². The second kappa shape index (κ2) is 9.18. The summed E-state index contributed by atoms with van der Waals surface area (Å²) in [6.45, 7) is 18.0. The Morgan fingerprint density at radius 3 is 2.34 bits per heavy atom. The van der Waals surface area contributed by atoms with Gasteiger partial charge in [0.15, 0.2) is 0 Å². The minimum absolute atomic E-state index is 0.0603. The predicted octanol–water partition coefficient (Wildman–Crippen LogP) is 3.23. The number of rotatable bonds is 10. The SMILES string of the molecule is C=CCN(C(=O)C1N([C@@H](CC)CO)C(=O)[C@@H]2[C@H](C(=O)O)[C@]3(CC)CCC12O3)C(C)(C)CC(C)(C)C. The lowest BCUT2D eigenvalue weighted by Crippen LogP contribution is -2.62. The van der Waals surface area contributed by atoms with Gasteiger partial charge in [-0.2, -0.15) is 0 Å². The zero-order valence-electron chi connectivity index (χ0n) is 22.5. The number of fused-ring (bicyclic) bond motifs is 1. The second-order valence-corrected chi connectivity index (χ2v) is 12.4. The number of amides is 2. The van der Waals surface area contributed by atoms with Crippen LogP contribution >= 0.6 is 0 Å². The Morgan fingerprint density at radius 2 is 1.89 bits per heavy atom. The van der Waals surface area contributed by atoms with Crippen LogP contribution in [0.4, 0.5) is 0 Å². The van der Waals surface area contributed by atoms with E-state index >= 15 is 0 Å². The van der Waals surface area contributed by atoms with Crippen LogP contribution in [0.3, 0.4) is 0 Å². The van der Waals surface area contributed by atoms with Gasteiger partial charge in [-0.25, -0.2) is 0 Å². The standard InChI is InChI=1S/C27H44N2O6/c1-9-14-28(25(7,8)16-24(4,5)6)22(32)20-27-13-12-26(11-3,35-27)19(23(33)34)18(27)21(31)29(20)17(10-2)15-30/h9,17-20,30H,1,10-16H2,2-8H3,(H,33,34)/t17-,18-,19+,20?,26-,27?/m0/s1. The summed E-state index contributed by atoms with van der Waals surface area (Å²) in [4.78, 5) is 44.2. The van der Waals surface area contributed by atoms with Crippen molar-refractivity contribution >= 4 is 17.8 Å². The first kappa shape index (κ1) is 27.7. The monoisotopic (exact) mass is 492 g/mol. The number of likely N-dealkylation sites (tertiary alicyclic amines) is 1. The van der Waals surface area contributed by atoms with Crippen molar-refractivity contribution in [3.63, 3.8) is 0 Å². The first-order valence-electron chi connectivity index (χ1n) is 12.9. The van der Waals surface area contributed by atoms with E-state index in [0.717, 1.165) is 0 Å². The zero-order valence-corrected chi connectivity index (χ0v) is 22.5. The molecule has 0 radical (unpaired) electrons. The molecule has 35 heavy (non-hydrogen) atoms. The van der Waals surface area contributed by atoms with Crippen LogP contribution in [0.5, 0.6) is 0 Å². The summed E-state index contributed by atoms with van der Waals surface area (Å²) < 4.78 is 6.61. The van der Waals surface area contributed by atoms with Crippen molar-refractivity contribution in [3.05, 3.63) is 12.7 Å². The van der Waals surface area contributed by atoms with Gasteiger partial charge in [0.2, 0.25) is 11.8 Å². The molecule has 3 fully saturated rings. The molecule has 0 saturated carbocycles. The van der Waals surface area contributed by atoms with E-state index in [0.29, 0.717) is 38.6 Å². The summed E-state index contributed by atoms with van der Waals surface area (Å²) in [5, 5.41) is 20.4. The fourth-order valence-electron chi connectivity index (χ4n) is 7.42. The van der Waals surface area contributed by atoms with Gasteiger partial charge in [-0.3, -0.25) is 14.4 Å². The first-order chi connectivity index (χ1) is 16.2. The molecule has 3 heterocycles. The Bertz CT molecular complexity index is 875. The van der Waals surface area contributed by atoms with Gasteiger partial charge in [0.25, 0.3) is 0 Å². The summed E-state index contributed by atoms with van der Waals surface area (Å²) in [6.07, 6.45) is 4.23. The zero-order chi connectivity index (χ0) is 26.6. The smallest absolute Gasteiger partial charge is 0.310 e. The van der Waals surface area contributed by atoms with Crippen LogP contribution in [0.2, 0.25) is 0 Å². The molecule has 1 spiro atoms. The quantitative estimate of drug-likeness (QED) is 0.454. The lowest BCUT2D eigenvalue weighted by atomic mass is 9.65. The van der Waals surface area contributed by atoms with Gasteiger partial charge < -0.3 is 24.7 Å². The van der Waals surface area contributed by atoms with Crippen LogP contribution < -0.4 is 0 Å². The van der Waals surface area contributed by atoms with E-state index in [2.05, 4.69) is 27.4 Å². The average molecular weight is 493 g/mol. The normalized spacial score (nSPS) is 33.1. The number of aliphatic hydroxyl groups is 1. The highest BCUT2D eigenvalue weighted by Crippen LogP contribution is 2.64. The molecule has 6 atom stereocenters. The molecule has 3 aliphatic heterocycles. The highest BCUT2D eigenvalue weighted by Gasteiger charge is 2.79. The van der Waals surface area contributed by atoms with E-state index in [1.54, 1.807) is 11.0 Å². The van der Waals surface area contributed by atoms with Crippen molar-refractivity contribution in [3.8, 4) is 0 Å². The minimum atomic E-state index is -1.22. The van der Waals surface area contributed by atoms with E-state index in [1.807, 2.05) is 27.7 Å². The van der Waals surface area contributed by atoms with E-state index in [9.17, 15) is 24.6 Å². The molecule has 198 valence electrons. The largest absolute Gasteiger partial charge is 0.481 e. The maximum atomic E-state index is 14.5. The van der Waals surface area contributed by atoms with Crippen LogP contribution in [0.25, 0.3) is 0 Å². The molecule has 0 aromatic carbocycles. The highest BCUT2D eigenvalue weighted by atomic mass is 16.5. The third-order valence-electron chi connectivity index (χ3n) is 8.47. The molecule has 2 bridgehead atoms. The fourth-order valence-corrected chi connectivity index (χ4v) is 7.42. The third kappa shape index (κ3) is 4.20. The molecule has 2 N–H and O–H groups in total. The van der Waals surface area contributed by atoms with Gasteiger partial charge in [-0.1, -0.05) is 40.7 Å². The number of hydrogen-bond acceptors (Lipinski definition) is 5. The number of nitrogens with zero attached hydrogens (tertiary/aromatic N) is 2. The van der Waals surface area contributed by atoms with Crippen LogP contribution in [0, 0.1) is 17.3 Å². The molecule has 8 nitrogen and oxygen atoms in total. The molecule has 2 unspecified atom stereocenters. The van der Waals surface area contributed by atoms with Gasteiger partial charge in [0.1, 0.15) is 17.6 Å². The number of carbonyl (C=O) groups is 3. The maximum absolute atomic E-state index is 14.5. The van der Waals surface area contributed by atoms with Crippen LogP contribution in [0.15, 0.2) is 12.7 Å². The summed E-state index contributed by atoms with van der Waals surface area (Å²) in [5.41, 5.74) is -2.79. The van der Waals surface area contributed by atoms with Crippen molar-refractivity contribution in [1.29, 1.82) is 0 Å². The first-order valence-corrected chi connectivity index (χ1v) is 12.9. The number of hydrogen-bond donors (Lipinski definition) is 2. The van der Waals surface area contributed by atoms with Gasteiger partial charge >= 0.3 is 5.97 Å². The highest BCUT2D eigenvalue weighted by molar-refractivity contribution is 5.98. The molecule has 0 aromatic rings. The lowest BCUT2D eigenvalue weighted by Gasteiger charge is -2.46. The van der Waals surface area contributed by atoms with E-state index in [4.69, 9.17) is 4.74 Å². The van der Waals surface area contributed by atoms with Crippen molar-refractivity contribution in [2.24, 2.45) is 17.3 Å². The number of ether oxygens (including phenoxy) is 1. The van der Waals surface area contributed by atoms with Crippen LogP contribution in [-0.4, -0.2) is 79.8 Å². The van der Waals surface area contributed by atoms with E-state index in [1.165, 1.54) is 4.90 Å². The number of carboxylic acids is 1. The Labute approximate surface area is 209 Å². The molecular formula is C27H44N2O6. The molecule has 3 saturated heterocycles. The summed E-state index contributed by atoms with van der Waals surface area (Å²) in [5.74, 6) is -3.67. The van der Waals surface area contributed by atoms with Crippen molar-refractivity contribution in [2.75, 3.05) is 13.2 Å². The third-order valence-corrected chi connectivity index (χ3v) is 8.47. The van der Waals surface area contributed by atoms with Gasteiger partial charge in [0.05, 0.1) is 24.2 Å². The predicted molar refractivity (Wildman–Crippen MR) is 133 cm³/mol. The Balaban J connectivity index is 2.17. The Kier molecular flexibility index (Phi) is 7.25. The molecular weight excluding hydrogens is 448 g/mol. The number of aliphatic hydroxyl groups excluding tert-OH is 1. The van der Waals surface area contributed by atoms with Crippen molar-refractivity contribution < 1.29 is 29.3 Å². The number of carboxylic acid groups (broad SMARTS) is 1. The number of aliphatic carboxylic acids is 1. The molecule has 8 heteroatoms. The van der Waals surface area contributed by atoms with E-state index < -0.39 is 46.6 Å². The molecule has 3 aliphatic rings. The fraction of sp³-hybridized carbons (Fsp3) is 0.815. The second-order valence-electron chi connectivity index (χ2n) is 12.4. The summed E-state index contributed by atoms with van der Waals surface area (Å²) in [6, 6.07) is -1.59. The minimum Gasteiger partial charge on any atom is -0.481 e. The molecule has 0 aromatic heterocycles. The van der Waals surface area contributed by atoms with Crippen molar-refractivity contribution in [1.82, 2.24) is 9.80 Å². The average Bonchev–Trinajstić information content (AvgIpc) is 3.35. The van der Waals surface area contributed by atoms with Crippen LogP contribution in [-0.2, 0) is 19.1 Å². The number of carbonyl (C=O) groups excluding carboxylic acids is 2. The summed E-state index contributed by atoms with van der Waals surface area (Å²) in [7, 11) is 0. The van der Waals surface area contributed by atoms with Gasteiger partial charge in [0, 0.05) is 12.1 Å². The van der Waals surface area contributed by atoms with Gasteiger partial charge in [-0.05, 0) is 51.4 Å². The topological polar surface area (TPSA) is 107 Å². The van der Waals surface area contributed by atoms with Gasteiger partial charge in [-0.15, -0.1) is 6.58 Å². The summed E-state index contributed by atoms with van der Waals surface area (Å²) >= 11 is 0. The molecule has 0 aliphatic carbocycles. The van der Waals surface area contributed by atoms with Crippen molar-refractivity contribution in [2.45, 2.75) is 109 Å². The Hall–Kier alpha value is -1.93. The molecule has 2 amide bonds. The Morgan fingerprint density at radius 1 is 1.26 bits per heavy atom. The van der Waals surface area contributed by atoms with Crippen LogP contribution in [0.1, 0.15) is 80.6 Å². The maximum Gasteiger partial charge on any atom is 0.310 e. The molecule has 3 rings (SSSR count). The lowest BCUT2D eigenvalue weighted by molar-refractivity contribution is -0.162.